The van der Waals surface area contributed by atoms with E-state index in [1.54, 1.807) is 37.6 Å². The third-order valence-electron chi connectivity index (χ3n) is 9.28. The van der Waals surface area contributed by atoms with Gasteiger partial charge in [-0.05, 0) is 98.1 Å². The summed E-state index contributed by atoms with van der Waals surface area (Å²) in [7, 11) is 3.02. The number of nitrogens with zero attached hydrogens (tertiary/aromatic N) is 5. The highest BCUT2D eigenvalue weighted by molar-refractivity contribution is 6.07. The monoisotopic (exact) mass is 707 g/mol. The van der Waals surface area contributed by atoms with Crippen molar-refractivity contribution in [3.63, 3.8) is 0 Å². The van der Waals surface area contributed by atoms with E-state index in [1.807, 2.05) is 40.9 Å². The average molecular weight is 708 g/mol. The molecule has 0 radical (unpaired) electrons. The number of hydrogen-bond donors (Lipinski definition) is 2. The van der Waals surface area contributed by atoms with Crippen LogP contribution in [0.2, 0.25) is 0 Å². The van der Waals surface area contributed by atoms with Gasteiger partial charge in [0.2, 0.25) is 5.95 Å². The zero-order chi connectivity index (χ0) is 36.2. The molecule has 1 fully saturated rings. The van der Waals surface area contributed by atoms with Gasteiger partial charge in [-0.1, -0.05) is 18.2 Å². The fraction of sp³-hybridized carbons (Fsp3) is 0.231. The summed E-state index contributed by atoms with van der Waals surface area (Å²) in [5, 5.41) is 5.64. The van der Waals surface area contributed by atoms with Crippen LogP contribution in [-0.4, -0.2) is 70.7 Å². The van der Waals surface area contributed by atoms with Crippen molar-refractivity contribution in [2.45, 2.75) is 18.8 Å². The number of carbonyl (C=O) groups excluding carboxylic acids is 1. The number of para-hydroxylation sites is 1. The summed E-state index contributed by atoms with van der Waals surface area (Å²) in [4.78, 5) is 29.8. The zero-order valence-electron chi connectivity index (χ0n) is 28.6. The lowest BCUT2D eigenvalue weighted by Gasteiger charge is -2.31. The second kappa shape index (κ2) is 15.1. The molecule has 13 heteroatoms. The van der Waals surface area contributed by atoms with E-state index in [9.17, 15) is 18.0 Å². The number of carbonyl (C=O) groups is 1. The average Bonchev–Trinajstić information content (AvgIpc) is 3.56. The van der Waals surface area contributed by atoms with Gasteiger partial charge in [0.15, 0.2) is 0 Å². The molecule has 1 aliphatic rings. The predicted octanol–water partition coefficient (Wildman–Crippen LogP) is 7.90. The van der Waals surface area contributed by atoms with Gasteiger partial charge >= 0.3 is 0 Å². The van der Waals surface area contributed by atoms with Crippen LogP contribution in [0.15, 0.2) is 91.3 Å². The van der Waals surface area contributed by atoms with E-state index in [0.717, 1.165) is 38.1 Å². The van der Waals surface area contributed by atoms with Gasteiger partial charge in [-0.3, -0.25) is 9.20 Å². The fourth-order valence-electron chi connectivity index (χ4n) is 6.62. The van der Waals surface area contributed by atoms with Gasteiger partial charge in [0.05, 0.1) is 42.6 Å². The Bertz CT molecular complexity index is 2220. The lowest BCUT2D eigenvalue weighted by Crippen LogP contribution is -2.34. The first-order chi connectivity index (χ1) is 25.4. The van der Waals surface area contributed by atoms with Crippen molar-refractivity contribution >= 4 is 28.9 Å². The number of aromatic nitrogens is 4. The summed E-state index contributed by atoms with van der Waals surface area (Å²) < 4.78 is 54.8. The van der Waals surface area contributed by atoms with Gasteiger partial charge in [-0.2, -0.15) is 0 Å². The van der Waals surface area contributed by atoms with Gasteiger partial charge in [-0.15, -0.1) is 0 Å². The highest BCUT2D eigenvalue weighted by Gasteiger charge is 2.24. The normalized spacial score (nSPS) is 13.6. The number of piperidine rings is 1. The number of methoxy groups -OCH3 is 2. The summed E-state index contributed by atoms with van der Waals surface area (Å²) in [5.74, 6) is -1.03. The quantitative estimate of drug-likeness (QED) is 0.140. The Labute approximate surface area is 298 Å². The van der Waals surface area contributed by atoms with Crippen molar-refractivity contribution in [2.75, 3.05) is 51.2 Å². The molecule has 7 rings (SSSR count). The molecule has 4 heterocycles. The van der Waals surface area contributed by atoms with Crippen LogP contribution in [0, 0.1) is 11.6 Å². The summed E-state index contributed by atoms with van der Waals surface area (Å²) in [6.07, 6.45) is 5.40. The Balaban J connectivity index is 1.21. The van der Waals surface area contributed by atoms with Crippen LogP contribution in [0.1, 0.15) is 34.7 Å². The number of pyridine rings is 1. The van der Waals surface area contributed by atoms with Crippen LogP contribution in [0.3, 0.4) is 0 Å². The molecule has 0 spiro atoms. The maximum absolute atomic E-state index is 14.4. The molecule has 0 aliphatic carbocycles. The Morgan fingerprint density at radius 2 is 1.69 bits per heavy atom. The van der Waals surface area contributed by atoms with Crippen LogP contribution in [0.5, 0.6) is 11.5 Å². The number of halogens is 3. The summed E-state index contributed by atoms with van der Waals surface area (Å²) in [5.41, 5.74) is 4.18. The van der Waals surface area contributed by atoms with E-state index in [2.05, 4.69) is 26.6 Å². The molecular weight excluding hydrogens is 671 g/mol. The first kappa shape index (κ1) is 34.5. The molecule has 6 aromatic rings. The maximum Gasteiger partial charge on any atom is 0.259 e. The van der Waals surface area contributed by atoms with Gasteiger partial charge in [0.25, 0.3) is 5.91 Å². The minimum atomic E-state index is -0.903. The van der Waals surface area contributed by atoms with Crippen molar-refractivity contribution in [1.29, 1.82) is 0 Å². The van der Waals surface area contributed by atoms with Crippen LogP contribution >= 0.6 is 0 Å². The molecule has 1 amide bonds. The standard InChI is InChI=1S/C39H36F3N7O3/c1-51-32-12-10-26(22-27(32)38(50)47-36-28(41)6-5-7-29(36)42)35-37(49-18-4-3-8-34(49)46-35)31-13-17-43-39(45-31)44-30-11-9-25(23-33(30)52-2)24-14-19-48(20-15-24)21-16-40/h3-13,17-18,22-24H,14-16,19-21H2,1-2H3,(H,47,50)(H,43,44,45). The second-order valence-corrected chi connectivity index (χ2v) is 12.4. The van der Waals surface area contributed by atoms with E-state index in [0.29, 0.717) is 58.1 Å². The lowest BCUT2D eigenvalue weighted by molar-refractivity contribution is 0.102. The molecule has 0 saturated carbocycles. The molecular formula is C39H36F3N7O3. The van der Waals surface area contributed by atoms with Gasteiger partial charge < -0.3 is 25.0 Å². The van der Waals surface area contributed by atoms with Crippen molar-refractivity contribution in [2.24, 2.45) is 0 Å². The Morgan fingerprint density at radius 1 is 0.904 bits per heavy atom. The minimum Gasteiger partial charge on any atom is -0.496 e. The highest BCUT2D eigenvalue weighted by Crippen LogP contribution is 2.37. The van der Waals surface area contributed by atoms with Crippen molar-refractivity contribution in [1.82, 2.24) is 24.3 Å². The molecule has 52 heavy (non-hydrogen) atoms. The zero-order valence-corrected chi connectivity index (χ0v) is 28.6. The Morgan fingerprint density at radius 3 is 2.44 bits per heavy atom. The number of imidazole rings is 1. The predicted molar refractivity (Wildman–Crippen MR) is 193 cm³/mol. The van der Waals surface area contributed by atoms with E-state index in [1.165, 1.54) is 18.7 Å². The molecule has 3 aromatic carbocycles. The van der Waals surface area contributed by atoms with E-state index >= 15 is 0 Å². The molecule has 0 bridgehead atoms. The SMILES string of the molecule is COc1cc(C2CCN(CCF)CC2)ccc1Nc1nccc(-c2c(-c3ccc(OC)c(C(=O)Nc4c(F)cccc4F)c3)nc3ccccn23)n1. The fourth-order valence-corrected chi connectivity index (χ4v) is 6.62. The molecule has 266 valence electrons. The second-order valence-electron chi connectivity index (χ2n) is 12.4. The maximum atomic E-state index is 14.4. The van der Waals surface area contributed by atoms with Gasteiger partial charge in [0, 0.05) is 24.5 Å². The van der Waals surface area contributed by atoms with Crippen LogP contribution < -0.4 is 20.1 Å². The summed E-state index contributed by atoms with van der Waals surface area (Å²) >= 11 is 0. The summed E-state index contributed by atoms with van der Waals surface area (Å²) in [6, 6.07) is 21.7. The number of likely N-dealkylation sites (tertiary alicyclic amines) is 1. The third kappa shape index (κ3) is 6.99. The minimum absolute atomic E-state index is 0.0524. The van der Waals surface area contributed by atoms with Crippen LogP contribution in [0.25, 0.3) is 28.3 Å². The number of fused-ring (bicyclic) bond motifs is 1. The smallest absolute Gasteiger partial charge is 0.259 e. The Hall–Kier alpha value is -5.95. The van der Waals surface area contributed by atoms with Crippen molar-refractivity contribution < 1.29 is 27.4 Å². The van der Waals surface area contributed by atoms with E-state index in [4.69, 9.17) is 19.4 Å². The van der Waals surface area contributed by atoms with Gasteiger partial charge in [0.1, 0.15) is 41.1 Å². The molecule has 1 aliphatic heterocycles. The van der Waals surface area contributed by atoms with Crippen molar-refractivity contribution in [3.8, 4) is 34.1 Å². The number of benzene rings is 3. The molecule has 0 unspecified atom stereocenters. The first-order valence-electron chi connectivity index (χ1n) is 16.8. The van der Waals surface area contributed by atoms with Crippen LogP contribution in [-0.2, 0) is 0 Å². The first-order valence-corrected chi connectivity index (χ1v) is 16.8. The number of amides is 1. The van der Waals surface area contributed by atoms with E-state index in [-0.39, 0.29) is 18.0 Å². The number of ether oxygens (including phenoxy) is 2. The molecule has 1 saturated heterocycles. The molecule has 3 aromatic heterocycles. The van der Waals surface area contributed by atoms with Crippen molar-refractivity contribution in [3.05, 3.63) is 114 Å². The third-order valence-corrected chi connectivity index (χ3v) is 9.28. The number of hydrogen-bond acceptors (Lipinski definition) is 8. The van der Waals surface area contributed by atoms with Crippen LogP contribution in [0.4, 0.5) is 30.5 Å². The number of alkyl halides is 1. The lowest BCUT2D eigenvalue weighted by atomic mass is 9.89. The largest absolute Gasteiger partial charge is 0.496 e. The summed E-state index contributed by atoms with van der Waals surface area (Å²) in [6.45, 7) is 1.87. The Kier molecular flexibility index (Phi) is 10.0. The highest BCUT2D eigenvalue weighted by atomic mass is 19.1. The topological polar surface area (TPSA) is 106 Å². The molecule has 10 nitrogen and oxygen atoms in total. The number of rotatable bonds is 11. The number of nitrogens with one attached hydrogen (secondary N) is 2. The number of anilines is 3. The van der Waals surface area contributed by atoms with Gasteiger partial charge in [-0.25, -0.2) is 28.1 Å². The van der Waals surface area contributed by atoms with E-state index < -0.39 is 23.2 Å². The molecule has 2 N–H and O–H groups in total. The molecule has 0 atom stereocenters.